The van der Waals surface area contributed by atoms with Gasteiger partial charge in [0.2, 0.25) is 0 Å². The molecular weight excluding hydrogens is 216 g/mol. The van der Waals surface area contributed by atoms with Crippen LogP contribution in [0.3, 0.4) is 0 Å². The zero-order valence-electron chi connectivity index (χ0n) is 8.28. The Labute approximate surface area is 92.2 Å². The van der Waals surface area contributed by atoms with Gasteiger partial charge in [0.05, 0.1) is 11.9 Å². The molecule has 0 spiro atoms. The van der Waals surface area contributed by atoms with E-state index in [0.29, 0.717) is 11.4 Å². The van der Waals surface area contributed by atoms with E-state index in [9.17, 15) is 4.79 Å². The molecule has 0 aliphatic carbocycles. The third kappa shape index (κ3) is 1.29. The lowest BCUT2D eigenvalue weighted by molar-refractivity contribution is -0.131. The van der Waals surface area contributed by atoms with Gasteiger partial charge in [-0.25, -0.2) is 14.8 Å². The molecular formula is C9H9ClN4O. The number of fused-ring (bicyclic) bond motifs is 1. The molecule has 0 radical (unpaired) electrons. The number of hydrazine groups is 1. The van der Waals surface area contributed by atoms with Crippen LogP contribution in [0, 0.1) is 6.57 Å². The second-order valence-corrected chi connectivity index (χ2v) is 3.93. The normalized spacial score (nSPS) is 29.6. The lowest BCUT2D eigenvalue weighted by Crippen LogP contribution is -2.52. The van der Waals surface area contributed by atoms with Crippen LogP contribution < -0.4 is 5.43 Å². The standard InChI is InChI=1S/C9H9ClN4O/c1-4-6(10)8-12-5(2)13-14(8)9(15)7(4)11-3/h6,8H,1-2H3,(H,12,13). The molecule has 2 heterocycles. The number of alkyl halides is 1. The van der Waals surface area contributed by atoms with Crippen molar-refractivity contribution in [2.75, 3.05) is 0 Å². The van der Waals surface area contributed by atoms with E-state index in [1.54, 1.807) is 13.8 Å². The summed E-state index contributed by atoms with van der Waals surface area (Å²) >= 11 is 6.13. The first kappa shape index (κ1) is 9.99. The summed E-state index contributed by atoms with van der Waals surface area (Å²) in [7, 11) is 0. The number of aliphatic imine (C=N–C) groups is 1. The Bertz CT molecular complexity index is 434. The summed E-state index contributed by atoms with van der Waals surface area (Å²) in [4.78, 5) is 19.2. The predicted octanol–water partition coefficient (Wildman–Crippen LogP) is 0.892. The molecule has 5 nitrogen and oxygen atoms in total. The molecule has 0 aromatic heterocycles. The van der Waals surface area contributed by atoms with Crippen molar-refractivity contribution in [2.45, 2.75) is 25.4 Å². The Hall–Kier alpha value is -1.54. The van der Waals surface area contributed by atoms with Crippen LogP contribution in [0.4, 0.5) is 0 Å². The predicted molar refractivity (Wildman–Crippen MR) is 55.8 cm³/mol. The van der Waals surface area contributed by atoms with Gasteiger partial charge in [-0.15, -0.1) is 11.6 Å². The Morgan fingerprint density at radius 2 is 2.27 bits per heavy atom. The molecule has 15 heavy (non-hydrogen) atoms. The average Bonchev–Trinajstić information content (AvgIpc) is 2.58. The highest BCUT2D eigenvalue weighted by Crippen LogP contribution is 2.30. The summed E-state index contributed by atoms with van der Waals surface area (Å²) in [6.45, 7) is 10.4. The number of hydrogen-bond donors (Lipinski definition) is 1. The maximum absolute atomic E-state index is 11.8. The van der Waals surface area contributed by atoms with E-state index in [1.807, 2.05) is 0 Å². The van der Waals surface area contributed by atoms with E-state index in [4.69, 9.17) is 18.2 Å². The minimum absolute atomic E-state index is 0.0867. The zero-order valence-corrected chi connectivity index (χ0v) is 9.04. The first-order chi connectivity index (χ1) is 7.06. The SMILES string of the molecule is [C-]#[N+]C1=C(C)C(Cl)C2N=C(C)NN2C1=O. The molecule has 0 aromatic carbocycles. The third-order valence-corrected chi connectivity index (χ3v) is 3.01. The van der Waals surface area contributed by atoms with Crippen LogP contribution in [0.25, 0.3) is 4.85 Å². The summed E-state index contributed by atoms with van der Waals surface area (Å²) in [5.74, 6) is 0.281. The summed E-state index contributed by atoms with van der Waals surface area (Å²) in [5, 5.41) is 0.879. The number of rotatable bonds is 0. The Balaban J connectivity index is 2.46. The monoisotopic (exact) mass is 224 g/mol. The zero-order chi connectivity index (χ0) is 11.2. The lowest BCUT2D eigenvalue weighted by atomic mass is 10.0. The number of carbonyl (C=O) groups excluding carboxylic acids is 1. The van der Waals surface area contributed by atoms with Crippen molar-refractivity contribution in [3.8, 4) is 0 Å². The molecule has 1 N–H and O–H groups in total. The summed E-state index contributed by atoms with van der Waals surface area (Å²) < 4.78 is 0. The van der Waals surface area contributed by atoms with E-state index < -0.39 is 11.5 Å². The van der Waals surface area contributed by atoms with Gasteiger partial charge in [-0.2, -0.15) is 0 Å². The molecule has 0 saturated heterocycles. The van der Waals surface area contributed by atoms with Crippen LogP contribution >= 0.6 is 11.6 Å². The maximum Gasteiger partial charge on any atom is 0.273 e. The Morgan fingerprint density at radius 1 is 1.60 bits per heavy atom. The number of nitrogens with zero attached hydrogens (tertiary/aromatic N) is 3. The van der Waals surface area contributed by atoms with Crippen LogP contribution in [0.1, 0.15) is 13.8 Å². The van der Waals surface area contributed by atoms with E-state index in [1.165, 1.54) is 5.01 Å². The average molecular weight is 225 g/mol. The van der Waals surface area contributed by atoms with Crippen LogP contribution in [-0.2, 0) is 4.79 Å². The highest BCUT2D eigenvalue weighted by Gasteiger charge is 2.42. The first-order valence-corrected chi connectivity index (χ1v) is 4.87. The van der Waals surface area contributed by atoms with Crippen molar-refractivity contribution in [3.05, 3.63) is 22.7 Å². The van der Waals surface area contributed by atoms with Crippen LogP contribution in [0.15, 0.2) is 16.3 Å². The maximum atomic E-state index is 11.8. The number of nitrogens with one attached hydrogen (secondary N) is 1. The fourth-order valence-electron chi connectivity index (χ4n) is 1.67. The molecule has 0 saturated carbocycles. The van der Waals surface area contributed by atoms with Crippen molar-refractivity contribution >= 4 is 23.3 Å². The molecule has 0 fully saturated rings. The summed E-state index contributed by atoms with van der Waals surface area (Å²) in [6, 6.07) is 0. The molecule has 6 heteroatoms. The van der Waals surface area contributed by atoms with Gasteiger partial charge < -0.3 is 0 Å². The molecule has 2 aliphatic heterocycles. The topological polar surface area (TPSA) is 49.1 Å². The molecule has 2 aliphatic rings. The van der Waals surface area contributed by atoms with Gasteiger partial charge in [0.15, 0.2) is 6.17 Å². The van der Waals surface area contributed by atoms with Crippen molar-refractivity contribution in [1.29, 1.82) is 0 Å². The number of carbonyl (C=O) groups is 1. The molecule has 0 bridgehead atoms. The van der Waals surface area contributed by atoms with Crippen LogP contribution in [0.2, 0.25) is 0 Å². The quantitative estimate of drug-likeness (QED) is 0.491. The highest BCUT2D eigenvalue weighted by molar-refractivity contribution is 6.24. The second-order valence-electron chi connectivity index (χ2n) is 3.46. The van der Waals surface area contributed by atoms with Gasteiger partial charge in [0, 0.05) is 0 Å². The van der Waals surface area contributed by atoms with Crippen molar-refractivity contribution in [1.82, 2.24) is 10.4 Å². The molecule has 78 valence electrons. The van der Waals surface area contributed by atoms with Crippen molar-refractivity contribution < 1.29 is 4.79 Å². The van der Waals surface area contributed by atoms with E-state index >= 15 is 0 Å². The first-order valence-electron chi connectivity index (χ1n) is 4.43. The van der Waals surface area contributed by atoms with Gasteiger partial charge in [-0.05, 0) is 12.5 Å². The minimum Gasteiger partial charge on any atom is -0.282 e. The van der Waals surface area contributed by atoms with Gasteiger partial charge in [0.1, 0.15) is 5.84 Å². The van der Waals surface area contributed by atoms with Crippen molar-refractivity contribution in [2.24, 2.45) is 4.99 Å². The number of hydrogen-bond acceptors (Lipinski definition) is 3. The highest BCUT2D eigenvalue weighted by atomic mass is 35.5. The second kappa shape index (κ2) is 3.24. The smallest absolute Gasteiger partial charge is 0.273 e. The van der Waals surface area contributed by atoms with Crippen molar-refractivity contribution in [3.63, 3.8) is 0 Å². The van der Waals surface area contributed by atoms with E-state index in [-0.39, 0.29) is 11.6 Å². The third-order valence-electron chi connectivity index (χ3n) is 2.45. The molecule has 1 amide bonds. The Kier molecular flexibility index (Phi) is 2.16. The molecule has 2 atom stereocenters. The van der Waals surface area contributed by atoms with Gasteiger partial charge >= 0.3 is 0 Å². The number of amides is 1. The lowest BCUT2D eigenvalue weighted by Gasteiger charge is -2.31. The summed E-state index contributed by atoms with van der Waals surface area (Å²) in [6.07, 6.45) is -0.426. The van der Waals surface area contributed by atoms with Gasteiger partial charge in [-0.3, -0.25) is 10.2 Å². The van der Waals surface area contributed by atoms with E-state index in [0.717, 1.165) is 0 Å². The minimum atomic E-state index is -0.434. The largest absolute Gasteiger partial charge is 0.282 e. The molecule has 0 aromatic rings. The van der Waals surface area contributed by atoms with E-state index in [2.05, 4.69) is 15.3 Å². The van der Waals surface area contributed by atoms with Gasteiger partial charge in [0.25, 0.3) is 11.6 Å². The van der Waals surface area contributed by atoms with Crippen LogP contribution in [0.5, 0.6) is 0 Å². The number of halogens is 1. The Morgan fingerprint density at radius 3 is 2.87 bits per heavy atom. The van der Waals surface area contributed by atoms with Gasteiger partial charge in [-0.1, -0.05) is 6.92 Å². The summed E-state index contributed by atoms with van der Waals surface area (Å²) in [5.41, 5.74) is 3.47. The van der Waals surface area contributed by atoms with Crippen LogP contribution in [-0.4, -0.2) is 28.3 Å². The molecule has 2 unspecified atom stereocenters. The fraction of sp³-hybridized carbons (Fsp3) is 0.444. The number of amidine groups is 1. The fourth-order valence-corrected chi connectivity index (χ4v) is 1.94. The molecule has 2 rings (SSSR count).